The van der Waals surface area contributed by atoms with Gasteiger partial charge in [-0.2, -0.15) is 5.09 Å². The van der Waals surface area contributed by atoms with Gasteiger partial charge in [0.25, 0.3) is 5.56 Å². The van der Waals surface area contributed by atoms with Crippen LogP contribution >= 0.6 is 19.3 Å². The van der Waals surface area contributed by atoms with Gasteiger partial charge in [-0.1, -0.05) is 31.5 Å². The number of fused-ring (bicyclic) bond motifs is 1. The van der Waals surface area contributed by atoms with Crippen molar-refractivity contribution in [3.8, 4) is 5.75 Å². The summed E-state index contributed by atoms with van der Waals surface area (Å²) in [5.74, 6) is -0.463. The fraction of sp³-hybridized carbons (Fsp3) is 0.522. The lowest BCUT2D eigenvalue weighted by Crippen LogP contribution is -2.47. The number of aliphatic hydroxyl groups is 1. The molecule has 7 unspecified atom stereocenters. The van der Waals surface area contributed by atoms with Gasteiger partial charge in [-0.25, -0.2) is 9.36 Å². The number of H-pyrrole nitrogens is 1. The van der Waals surface area contributed by atoms with Crippen molar-refractivity contribution < 1.29 is 33.0 Å². The maximum absolute atomic E-state index is 13.8. The molecule has 0 bridgehead atoms. The Morgan fingerprint density at radius 1 is 1.32 bits per heavy atom. The van der Waals surface area contributed by atoms with Crippen molar-refractivity contribution in [3.05, 3.63) is 63.4 Å². The van der Waals surface area contributed by atoms with E-state index in [1.807, 2.05) is 6.92 Å². The van der Waals surface area contributed by atoms with Gasteiger partial charge in [-0.05, 0) is 32.4 Å². The van der Waals surface area contributed by atoms with E-state index >= 15 is 0 Å². The number of para-hydroxylation sites is 1. The third-order valence-electron chi connectivity index (χ3n) is 6.33. The van der Waals surface area contributed by atoms with Crippen molar-refractivity contribution >= 4 is 25.3 Å². The van der Waals surface area contributed by atoms with Crippen LogP contribution in [0.5, 0.6) is 5.75 Å². The van der Waals surface area contributed by atoms with E-state index < -0.39 is 59.9 Å². The lowest BCUT2D eigenvalue weighted by atomic mass is 10.0. The molecule has 14 heteroatoms. The standard InChI is InChI=1S/C23H29ClN3O9P/c1-4-5-13-33-19(29)14(2)26-37(32,35-15-9-7-6-8-10-15)36-18-17-23(18,31)22(3,24)20(34-17)27-12-11-16(28)25-21(27)30/h6-12,14,17-18,20,31H,4-5,13H2,1-3H3,(H,26,32)(H,25,28,30). The Bertz CT molecular complexity index is 1300. The topological polar surface area (TPSA) is 158 Å². The second kappa shape index (κ2) is 10.4. The number of halogens is 1. The number of rotatable bonds is 11. The number of hydrogen-bond donors (Lipinski definition) is 3. The first-order valence-electron chi connectivity index (χ1n) is 11.8. The smallest absolute Gasteiger partial charge is 0.459 e. The number of unbranched alkanes of at least 4 members (excludes halogenated alkanes) is 1. The van der Waals surface area contributed by atoms with E-state index in [1.54, 1.807) is 30.3 Å². The highest BCUT2D eigenvalue weighted by molar-refractivity contribution is 7.52. The molecule has 0 spiro atoms. The number of aromatic amines is 1. The molecule has 2 aromatic rings. The molecule has 1 aliphatic carbocycles. The molecule has 37 heavy (non-hydrogen) atoms. The minimum atomic E-state index is -4.31. The van der Waals surface area contributed by atoms with E-state index in [1.165, 1.54) is 20.0 Å². The van der Waals surface area contributed by atoms with Crippen LogP contribution in [0.25, 0.3) is 0 Å². The van der Waals surface area contributed by atoms with Crippen LogP contribution in [0.4, 0.5) is 0 Å². The molecule has 0 radical (unpaired) electrons. The molecule has 1 saturated heterocycles. The van der Waals surface area contributed by atoms with Crippen molar-refractivity contribution in [1.82, 2.24) is 14.6 Å². The summed E-state index contributed by atoms with van der Waals surface area (Å²) in [7, 11) is -4.31. The third-order valence-corrected chi connectivity index (χ3v) is 8.48. The van der Waals surface area contributed by atoms with Gasteiger partial charge >= 0.3 is 19.4 Å². The summed E-state index contributed by atoms with van der Waals surface area (Å²) in [6.07, 6.45) is -0.764. The lowest BCUT2D eigenvalue weighted by Gasteiger charge is -2.33. The van der Waals surface area contributed by atoms with Crippen LogP contribution in [0.2, 0.25) is 0 Å². The van der Waals surface area contributed by atoms with Crippen LogP contribution in [0.3, 0.4) is 0 Å². The molecule has 2 heterocycles. The first kappa shape index (κ1) is 27.6. The van der Waals surface area contributed by atoms with Crippen LogP contribution in [0, 0.1) is 0 Å². The fourth-order valence-corrected chi connectivity index (χ4v) is 6.24. The van der Waals surface area contributed by atoms with Crippen molar-refractivity contribution in [1.29, 1.82) is 0 Å². The van der Waals surface area contributed by atoms with Crippen LogP contribution < -0.4 is 20.9 Å². The van der Waals surface area contributed by atoms with Gasteiger partial charge in [0.2, 0.25) is 0 Å². The molecule has 1 aliphatic heterocycles. The molecule has 7 atom stereocenters. The molecule has 2 aliphatic rings. The quantitative estimate of drug-likeness (QED) is 0.162. The first-order valence-corrected chi connectivity index (χ1v) is 13.7. The maximum Gasteiger partial charge on any atom is 0.459 e. The van der Waals surface area contributed by atoms with E-state index in [0.717, 1.165) is 17.1 Å². The number of nitrogens with one attached hydrogen (secondary N) is 2. The zero-order chi connectivity index (χ0) is 27.0. The number of benzene rings is 1. The second-order valence-corrected chi connectivity index (χ2v) is 11.6. The van der Waals surface area contributed by atoms with Gasteiger partial charge in [-0.15, -0.1) is 11.6 Å². The number of carbonyl (C=O) groups excluding carboxylic acids is 1. The summed E-state index contributed by atoms with van der Waals surface area (Å²) >= 11 is 6.69. The highest BCUT2D eigenvalue weighted by atomic mass is 35.5. The summed E-state index contributed by atoms with van der Waals surface area (Å²) in [4.78, 5) is 36.6. The molecule has 1 saturated carbocycles. The molecule has 4 rings (SSSR count). The van der Waals surface area contributed by atoms with E-state index in [2.05, 4.69) is 10.1 Å². The maximum atomic E-state index is 13.8. The van der Waals surface area contributed by atoms with Crippen molar-refractivity contribution in [2.24, 2.45) is 0 Å². The molecular formula is C23H29ClN3O9P. The highest BCUT2D eigenvalue weighted by Crippen LogP contribution is 2.66. The Morgan fingerprint density at radius 2 is 2.03 bits per heavy atom. The van der Waals surface area contributed by atoms with Crippen molar-refractivity contribution in [2.75, 3.05) is 6.61 Å². The van der Waals surface area contributed by atoms with Crippen molar-refractivity contribution in [2.45, 2.75) is 68.6 Å². The average Bonchev–Trinajstić information content (AvgIpc) is 3.32. The van der Waals surface area contributed by atoms with Gasteiger partial charge in [0.05, 0.1) is 6.61 Å². The fourth-order valence-electron chi connectivity index (χ4n) is 4.16. The van der Waals surface area contributed by atoms with E-state index in [4.69, 9.17) is 30.1 Å². The SMILES string of the molecule is CCCCOC(=O)C(C)NP(=O)(Oc1ccccc1)OC1C2OC(n3ccc(=O)[nH]c3=O)C(C)(Cl)C21O. The minimum absolute atomic E-state index is 0.190. The third kappa shape index (κ3) is 5.27. The van der Waals surface area contributed by atoms with Crippen LogP contribution in [0.15, 0.2) is 52.2 Å². The summed E-state index contributed by atoms with van der Waals surface area (Å²) in [5, 5.41) is 13.9. The van der Waals surface area contributed by atoms with E-state index in [0.29, 0.717) is 6.42 Å². The zero-order valence-corrected chi connectivity index (χ0v) is 22.1. The molecule has 202 valence electrons. The number of carbonyl (C=O) groups is 1. The predicted molar refractivity (Wildman–Crippen MR) is 132 cm³/mol. The Hall–Kier alpha value is -2.47. The van der Waals surface area contributed by atoms with E-state index in [9.17, 15) is 24.1 Å². The van der Waals surface area contributed by atoms with Gasteiger partial charge in [0.1, 0.15) is 34.5 Å². The van der Waals surface area contributed by atoms with Gasteiger partial charge in [0.15, 0.2) is 6.23 Å². The van der Waals surface area contributed by atoms with Gasteiger partial charge < -0.3 is 19.1 Å². The molecule has 12 nitrogen and oxygen atoms in total. The Morgan fingerprint density at radius 3 is 2.62 bits per heavy atom. The van der Waals surface area contributed by atoms with Crippen LogP contribution in [0.1, 0.15) is 39.8 Å². The number of esters is 1. The molecule has 2 fully saturated rings. The van der Waals surface area contributed by atoms with Crippen LogP contribution in [-0.4, -0.2) is 56.0 Å². The summed E-state index contributed by atoms with van der Waals surface area (Å²) in [6.45, 7) is 5.04. The summed E-state index contributed by atoms with van der Waals surface area (Å²) < 4.78 is 37.3. The lowest BCUT2D eigenvalue weighted by molar-refractivity contribution is -0.145. The number of hydrogen-bond acceptors (Lipinski definition) is 9. The Balaban J connectivity index is 1.54. The van der Waals surface area contributed by atoms with Crippen molar-refractivity contribution in [3.63, 3.8) is 0 Å². The largest absolute Gasteiger partial charge is 0.465 e. The molecule has 1 aromatic heterocycles. The van der Waals surface area contributed by atoms with Gasteiger partial charge in [-0.3, -0.25) is 23.7 Å². The van der Waals surface area contributed by atoms with Crippen LogP contribution in [-0.2, 0) is 23.4 Å². The summed E-state index contributed by atoms with van der Waals surface area (Å²) in [5.41, 5.74) is -3.26. The molecular weight excluding hydrogens is 529 g/mol. The number of alkyl halides is 1. The molecule has 1 aromatic carbocycles. The molecule has 0 amide bonds. The van der Waals surface area contributed by atoms with E-state index in [-0.39, 0.29) is 12.4 Å². The normalized spacial score (nSPS) is 30.7. The average molecular weight is 558 g/mol. The Labute approximate surface area is 217 Å². The molecule has 3 N–H and O–H groups in total. The number of nitrogens with zero attached hydrogens (tertiary/aromatic N) is 1. The monoisotopic (exact) mass is 557 g/mol. The number of ether oxygens (including phenoxy) is 2. The number of aromatic nitrogens is 2. The zero-order valence-electron chi connectivity index (χ0n) is 20.5. The Kier molecular flexibility index (Phi) is 7.72. The minimum Gasteiger partial charge on any atom is -0.465 e. The second-order valence-electron chi connectivity index (χ2n) is 9.13. The summed E-state index contributed by atoms with van der Waals surface area (Å²) in [6, 6.07) is 8.19. The predicted octanol–water partition coefficient (Wildman–Crippen LogP) is 2.07. The first-order chi connectivity index (χ1) is 17.4. The van der Waals surface area contributed by atoms with Gasteiger partial charge in [0, 0.05) is 12.3 Å². The highest BCUT2D eigenvalue weighted by Gasteiger charge is 2.84.